The Bertz CT molecular complexity index is 1190. The Labute approximate surface area is 166 Å². The highest BCUT2D eigenvalue weighted by molar-refractivity contribution is 6.09. The van der Waals surface area contributed by atoms with Crippen molar-refractivity contribution in [1.82, 2.24) is 15.2 Å². The molecule has 1 aromatic heterocycles. The van der Waals surface area contributed by atoms with Gasteiger partial charge in [-0.2, -0.15) is 0 Å². The Hall–Kier alpha value is -3.93. The van der Waals surface area contributed by atoms with E-state index in [1.807, 2.05) is 53.6 Å². The van der Waals surface area contributed by atoms with E-state index in [1.165, 1.54) is 12.1 Å². The molecule has 5 nitrogen and oxygen atoms in total. The van der Waals surface area contributed by atoms with Crippen LogP contribution in [0.2, 0.25) is 0 Å². The number of nitrogens with one attached hydrogen (secondary N) is 2. The van der Waals surface area contributed by atoms with Crippen LogP contribution in [-0.2, 0) is 4.79 Å². The molecule has 1 atom stereocenters. The van der Waals surface area contributed by atoms with Crippen molar-refractivity contribution in [3.63, 3.8) is 0 Å². The van der Waals surface area contributed by atoms with Crippen LogP contribution >= 0.6 is 0 Å². The number of aromatic nitrogens is 1. The molecule has 0 saturated heterocycles. The number of nitrogens with zero attached hydrogens (tertiary/aromatic N) is 2. The monoisotopic (exact) mass is 384 g/mol. The van der Waals surface area contributed by atoms with E-state index in [-0.39, 0.29) is 17.9 Å². The lowest BCUT2D eigenvalue weighted by Gasteiger charge is -2.26. The number of halogens is 1. The van der Waals surface area contributed by atoms with Crippen molar-refractivity contribution in [1.29, 1.82) is 0 Å². The fourth-order valence-electron chi connectivity index (χ4n) is 3.66. The molecule has 3 aromatic rings. The number of hydrogen-bond acceptors (Lipinski definition) is 4. The van der Waals surface area contributed by atoms with Gasteiger partial charge in [0.25, 0.3) is 5.91 Å². The highest BCUT2D eigenvalue weighted by Gasteiger charge is 2.34. The van der Waals surface area contributed by atoms with E-state index >= 15 is 0 Å². The van der Waals surface area contributed by atoms with Crippen molar-refractivity contribution in [2.75, 3.05) is 5.32 Å². The third-order valence-electron chi connectivity index (χ3n) is 5.05. The van der Waals surface area contributed by atoms with E-state index < -0.39 is 0 Å². The summed E-state index contributed by atoms with van der Waals surface area (Å²) in [5, 5.41) is 8.18. The topological polar surface area (TPSA) is 57.3 Å². The van der Waals surface area contributed by atoms with Crippen molar-refractivity contribution in [2.24, 2.45) is 0 Å². The molecule has 142 valence electrons. The van der Waals surface area contributed by atoms with Gasteiger partial charge in [0.15, 0.2) is 0 Å². The van der Waals surface area contributed by atoms with Crippen molar-refractivity contribution in [3.8, 4) is 0 Å². The maximum absolute atomic E-state index is 13.3. The molecule has 6 heteroatoms. The number of rotatable bonds is 3. The third kappa shape index (κ3) is 3.04. The Morgan fingerprint density at radius 1 is 1.10 bits per heavy atom. The Morgan fingerprint density at radius 3 is 2.83 bits per heavy atom. The van der Waals surface area contributed by atoms with Crippen LogP contribution in [0.4, 0.5) is 10.1 Å². The first-order valence-electron chi connectivity index (χ1n) is 9.24. The van der Waals surface area contributed by atoms with Crippen LogP contribution in [0.3, 0.4) is 0 Å². The zero-order valence-corrected chi connectivity index (χ0v) is 15.3. The number of fused-ring (bicyclic) bond motifs is 2. The van der Waals surface area contributed by atoms with Crippen molar-refractivity contribution >= 4 is 22.4 Å². The summed E-state index contributed by atoms with van der Waals surface area (Å²) in [6.07, 6.45) is 10.8. The number of hydrogen-bond donors (Lipinski definition) is 2. The molecule has 2 aliphatic rings. The molecular weight excluding hydrogens is 367 g/mol. The molecular formula is C23H17FN4O. The molecule has 0 bridgehead atoms. The SMILES string of the molecule is O=C(Nc1cccc2cnccc12)C1=C2C=CC=CN2C(c2ccc(F)cc2)N1. The molecule has 29 heavy (non-hydrogen) atoms. The Morgan fingerprint density at radius 2 is 1.97 bits per heavy atom. The lowest BCUT2D eigenvalue weighted by molar-refractivity contribution is -0.113. The zero-order chi connectivity index (χ0) is 19.8. The number of amides is 1. The summed E-state index contributed by atoms with van der Waals surface area (Å²) in [4.78, 5) is 19.2. The van der Waals surface area contributed by atoms with Gasteiger partial charge >= 0.3 is 0 Å². The first kappa shape index (κ1) is 17.2. The zero-order valence-electron chi connectivity index (χ0n) is 15.3. The van der Waals surface area contributed by atoms with Crippen LogP contribution in [0.5, 0.6) is 0 Å². The van der Waals surface area contributed by atoms with Gasteiger partial charge in [-0.25, -0.2) is 4.39 Å². The quantitative estimate of drug-likeness (QED) is 0.710. The lowest BCUT2D eigenvalue weighted by Crippen LogP contribution is -2.28. The standard InChI is InChI=1S/C23H17FN4O/c24-17-9-7-15(8-10-17)22-27-21(20-6-1-2-13-28(20)22)23(29)26-19-5-3-4-16-14-25-12-11-18(16)19/h1-14,22,27H,(H,26,29). The van der Waals surface area contributed by atoms with Crippen LogP contribution < -0.4 is 10.6 Å². The van der Waals surface area contributed by atoms with Gasteiger partial charge in [0.2, 0.25) is 0 Å². The Balaban J connectivity index is 1.48. The molecule has 0 aliphatic carbocycles. The van der Waals surface area contributed by atoms with Crippen molar-refractivity contribution < 1.29 is 9.18 Å². The molecule has 0 fully saturated rings. The molecule has 3 heterocycles. The summed E-state index contributed by atoms with van der Waals surface area (Å²) in [6.45, 7) is 0. The summed E-state index contributed by atoms with van der Waals surface area (Å²) < 4.78 is 13.3. The fourth-order valence-corrected chi connectivity index (χ4v) is 3.66. The van der Waals surface area contributed by atoms with E-state index in [1.54, 1.807) is 24.5 Å². The third-order valence-corrected chi connectivity index (χ3v) is 5.05. The molecule has 0 radical (unpaired) electrons. The molecule has 0 saturated carbocycles. The van der Waals surface area contributed by atoms with Crippen LogP contribution in [-0.4, -0.2) is 15.8 Å². The number of pyridine rings is 1. The Kier molecular flexibility index (Phi) is 4.09. The van der Waals surface area contributed by atoms with Crippen LogP contribution in [0.1, 0.15) is 11.7 Å². The maximum Gasteiger partial charge on any atom is 0.273 e. The minimum atomic E-state index is -0.294. The molecule has 2 N–H and O–H groups in total. The molecule has 2 aromatic carbocycles. The van der Waals surface area contributed by atoms with E-state index in [2.05, 4.69) is 15.6 Å². The van der Waals surface area contributed by atoms with Gasteiger partial charge in [-0.05, 0) is 42.0 Å². The van der Waals surface area contributed by atoms with Gasteiger partial charge in [-0.15, -0.1) is 0 Å². The lowest BCUT2D eigenvalue weighted by atomic mass is 10.1. The van der Waals surface area contributed by atoms with Crippen LogP contribution in [0.15, 0.2) is 96.7 Å². The molecule has 5 rings (SSSR count). The minimum Gasteiger partial charge on any atom is -0.355 e. The van der Waals surface area contributed by atoms with Crippen LogP contribution in [0, 0.1) is 5.82 Å². The van der Waals surface area contributed by atoms with Gasteiger partial charge in [0.1, 0.15) is 17.7 Å². The second-order valence-electron chi connectivity index (χ2n) is 6.82. The van der Waals surface area contributed by atoms with Gasteiger partial charge < -0.3 is 15.5 Å². The number of carbonyl (C=O) groups excluding carboxylic acids is 1. The van der Waals surface area contributed by atoms with Gasteiger partial charge in [0, 0.05) is 35.1 Å². The first-order chi connectivity index (χ1) is 14.2. The van der Waals surface area contributed by atoms with E-state index in [0.29, 0.717) is 5.70 Å². The maximum atomic E-state index is 13.3. The summed E-state index contributed by atoms with van der Waals surface area (Å²) in [5.74, 6) is -0.531. The second-order valence-corrected chi connectivity index (χ2v) is 6.82. The number of carbonyl (C=O) groups is 1. The summed E-state index contributed by atoms with van der Waals surface area (Å²) in [5.41, 5.74) is 2.81. The van der Waals surface area contributed by atoms with E-state index in [4.69, 9.17) is 0 Å². The van der Waals surface area contributed by atoms with Crippen LogP contribution in [0.25, 0.3) is 10.8 Å². The number of allylic oxidation sites excluding steroid dienone is 3. The average molecular weight is 384 g/mol. The largest absolute Gasteiger partial charge is 0.355 e. The highest BCUT2D eigenvalue weighted by Crippen LogP contribution is 2.34. The second kappa shape index (κ2) is 6.91. The van der Waals surface area contributed by atoms with Gasteiger partial charge in [-0.1, -0.05) is 30.3 Å². The molecule has 2 aliphatic heterocycles. The summed E-state index contributed by atoms with van der Waals surface area (Å²) >= 11 is 0. The van der Waals surface area contributed by atoms with E-state index in [9.17, 15) is 9.18 Å². The molecule has 0 spiro atoms. The van der Waals surface area contributed by atoms with Gasteiger partial charge in [-0.3, -0.25) is 9.78 Å². The number of benzene rings is 2. The molecule has 1 amide bonds. The molecule has 1 unspecified atom stereocenters. The normalized spacial score (nSPS) is 17.4. The van der Waals surface area contributed by atoms with Gasteiger partial charge in [0.05, 0.1) is 5.70 Å². The van der Waals surface area contributed by atoms with Crippen molar-refractivity contribution in [3.05, 3.63) is 108 Å². The summed E-state index contributed by atoms with van der Waals surface area (Å²) in [6, 6.07) is 13.9. The summed E-state index contributed by atoms with van der Waals surface area (Å²) in [7, 11) is 0. The fraction of sp³-hybridized carbons (Fsp3) is 0.0435. The van der Waals surface area contributed by atoms with Crippen molar-refractivity contribution in [2.45, 2.75) is 6.17 Å². The first-order valence-corrected chi connectivity index (χ1v) is 9.24. The van der Waals surface area contributed by atoms with E-state index in [0.717, 1.165) is 27.7 Å². The smallest absolute Gasteiger partial charge is 0.273 e. The minimum absolute atomic E-state index is 0.237. The average Bonchev–Trinajstić information content (AvgIpc) is 3.14. The predicted molar refractivity (Wildman–Crippen MR) is 110 cm³/mol. The highest BCUT2D eigenvalue weighted by atomic mass is 19.1. The predicted octanol–water partition coefficient (Wildman–Crippen LogP) is 4.21. The number of anilines is 1.